The van der Waals surface area contributed by atoms with Gasteiger partial charge in [-0.3, -0.25) is 0 Å². The van der Waals surface area contributed by atoms with E-state index in [1.807, 2.05) is 13.0 Å². The maximum absolute atomic E-state index is 12.2. The second-order valence-electron chi connectivity index (χ2n) is 4.85. The van der Waals surface area contributed by atoms with E-state index in [9.17, 15) is 8.42 Å². The molecule has 5 nitrogen and oxygen atoms in total. The van der Waals surface area contributed by atoms with Gasteiger partial charge < -0.3 is 10.5 Å². The highest BCUT2D eigenvalue weighted by Gasteiger charge is 2.20. The van der Waals surface area contributed by atoms with Crippen LogP contribution in [0.2, 0.25) is 0 Å². The van der Waals surface area contributed by atoms with Crippen molar-refractivity contribution in [3.05, 3.63) is 29.8 Å². The maximum Gasteiger partial charge on any atom is 0.240 e. The van der Waals surface area contributed by atoms with Gasteiger partial charge in [0, 0.05) is 19.2 Å². The summed E-state index contributed by atoms with van der Waals surface area (Å²) in [5, 5.41) is 0. The van der Waals surface area contributed by atoms with E-state index < -0.39 is 10.0 Å². The number of ether oxygens (including phenoxy) is 1. The zero-order valence-electron chi connectivity index (χ0n) is 11.0. The van der Waals surface area contributed by atoms with Crippen LogP contribution in [0.5, 0.6) is 0 Å². The lowest BCUT2D eigenvalue weighted by Gasteiger charge is -2.12. The molecule has 1 fully saturated rings. The monoisotopic (exact) mass is 284 g/mol. The number of rotatable bonds is 5. The molecule has 0 aliphatic carbocycles. The van der Waals surface area contributed by atoms with E-state index in [4.69, 9.17) is 10.5 Å². The summed E-state index contributed by atoms with van der Waals surface area (Å²) in [6.45, 7) is 2.86. The number of hydrogen-bond donors (Lipinski definition) is 2. The Bertz CT molecular complexity index is 522. The molecule has 0 bridgehead atoms. The minimum Gasteiger partial charge on any atom is -0.377 e. The molecule has 1 aliphatic heterocycles. The smallest absolute Gasteiger partial charge is 0.240 e. The molecule has 2 rings (SSSR count). The van der Waals surface area contributed by atoms with Gasteiger partial charge in [0.05, 0.1) is 11.0 Å². The number of sulfonamides is 1. The van der Waals surface area contributed by atoms with Gasteiger partial charge >= 0.3 is 0 Å². The number of benzene rings is 1. The van der Waals surface area contributed by atoms with Gasteiger partial charge in [-0.1, -0.05) is 12.1 Å². The molecule has 19 heavy (non-hydrogen) atoms. The predicted molar refractivity (Wildman–Crippen MR) is 73.2 cm³/mol. The molecule has 1 aromatic carbocycles. The van der Waals surface area contributed by atoms with Crippen LogP contribution in [0.15, 0.2) is 29.2 Å². The highest BCUT2D eigenvalue weighted by atomic mass is 32.2. The van der Waals surface area contributed by atoms with Crippen molar-refractivity contribution in [2.75, 3.05) is 13.2 Å². The number of hydrogen-bond acceptors (Lipinski definition) is 4. The summed E-state index contributed by atoms with van der Waals surface area (Å²) in [7, 11) is -3.49. The summed E-state index contributed by atoms with van der Waals surface area (Å²) >= 11 is 0. The Morgan fingerprint density at radius 3 is 2.95 bits per heavy atom. The third-order valence-electron chi connectivity index (χ3n) is 3.22. The first kappa shape index (κ1) is 14.5. The summed E-state index contributed by atoms with van der Waals surface area (Å²) in [5.74, 6) is 0. The predicted octanol–water partition coefficient (Wildman–Crippen LogP) is 1.16. The lowest BCUT2D eigenvalue weighted by Crippen LogP contribution is -2.31. The average Bonchev–Trinajstić information content (AvgIpc) is 2.90. The van der Waals surface area contributed by atoms with Crippen LogP contribution in [0.25, 0.3) is 0 Å². The molecule has 1 aliphatic rings. The van der Waals surface area contributed by atoms with E-state index >= 15 is 0 Å². The SMILES string of the molecule is CC(N)c1cccc(S(=O)(=O)NCC2CCCO2)c1. The molecular formula is C13H20N2O3S. The van der Waals surface area contributed by atoms with E-state index in [0.29, 0.717) is 13.2 Å². The third-order valence-corrected chi connectivity index (χ3v) is 4.64. The van der Waals surface area contributed by atoms with Crippen LogP contribution >= 0.6 is 0 Å². The van der Waals surface area contributed by atoms with Crippen molar-refractivity contribution < 1.29 is 13.2 Å². The van der Waals surface area contributed by atoms with Crippen LogP contribution < -0.4 is 10.5 Å². The number of nitrogens with one attached hydrogen (secondary N) is 1. The quantitative estimate of drug-likeness (QED) is 0.850. The Morgan fingerprint density at radius 2 is 2.32 bits per heavy atom. The van der Waals surface area contributed by atoms with Crippen molar-refractivity contribution >= 4 is 10.0 Å². The molecule has 106 valence electrons. The summed E-state index contributed by atoms with van der Waals surface area (Å²) in [4.78, 5) is 0.250. The van der Waals surface area contributed by atoms with Gasteiger partial charge in [-0.2, -0.15) is 0 Å². The van der Waals surface area contributed by atoms with Crippen molar-refractivity contribution in [2.24, 2.45) is 5.73 Å². The first-order valence-electron chi connectivity index (χ1n) is 6.46. The molecule has 6 heteroatoms. The molecule has 0 amide bonds. The first-order chi connectivity index (χ1) is 8.99. The van der Waals surface area contributed by atoms with E-state index in [-0.39, 0.29) is 17.0 Å². The lowest BCUT2D eigenvalue weighted by molar-refractivity contribution is 0.114. The van der Waals surface area contributed by atoms with E-state index in [2.05, 4.69) is 4.72 Å². The highest BCUT2D eigenvalue weighted by molar-refractivity contribution is 7.89. The van der Waals surface area contributed by atoms with E-state index in [0.717, 1.165) is 18.4 Å². The molecule has 1 saturated heterocycles. The zero-order valence-corrected chi connectivity index (χ0v) is 11.8. The van der Waals surface area contributed by atoms with Crippen molar-refractivity contribution in [2.45, 2.75) is 36.8 Å². The highest BCUT2D eigenvalue weighted by Crippen LogP contribution is 2.17. The van der Waals surface area contributed by atoms with Crippen LogP contribution in [0.1, 0.15) is 31.4 Å². The van der Waals surface area contributed by atoms with Crippen LogP contribution in [0, 0.1) is 0 Å². The Morgan fingerprint density at radius 1 is 1.53 bits per heavy atom. The number of nitrogens with two attached hydrogens (primary N) is 1. The van der Waals surface area contributed by atoms with Gasteiger partial charge in [-0.25, -0.2) is 13.1 Å². The average molecular weight is 284 g/mol. The summed E-state index contributed by atoms with van der Waals surface area (Å²) < 4.78 is 32.3. The Hall–Kier alpha value is -0.950. The lowest BCUT2D eigenvalue weighted by atomic mass is 10.1. The van der Waals surface area contributed by atoms with E-state index in [1.54, 1.807) is 18.2 Å². The topological polar surface area (TPSA) is 81.4 Å². The molecule has 2 unspecified atom stereocenters. The van der Waals surface area contributed by atoms with Crippen molar-refractivity contribution in [3.63, 3.8) is 0 Å². The molecule has 2 atom stereocenters. The molecule has 0 aromatic heterocycles. The van der Waals surface area contributed by atoms with Gasteiger partial charge in [-0.15, -0.1) is 0 Å². The van der Waals surface area contributed by atoms with Crippen LogP contribution in [0.4, 0.5) is 0 Å². The van der Waals surface area contributed by atoms with Crippen LogP contribution in [-0.2, 0) is 14.8 Å². The Labute approximate surface area is 114 Å². The van der Waals surface area contributed by atoms with Gasteiger partial charge in [0.2, 0.25) is 10.0 Å². The fourth-order valence-corrected chi connectivity index (χ4v) is 3.18. The summed E-state index contributed by atoms with van der Waals surface area (Å²) in [6, 6.07) is 6.53. The van der Waals surface area contributed by atoms with Gasteiger partial charge in [0.1, 0.15) is 0 Å². The van der Waals surface area contributed by atoms with Crippen LogP contribution in [0.3, 0.4) is 0 Å². The molecule has 3 N–H and O–H groups in total. The summed E-state index contributed by atoms with van der Waals surface area (Å²) in [5.41, 5.74) is 6.57. The Kier molecular flexibility index (Phi) is 4.57. The molecular weight excluding hydrogens is 264 g/mol. The summed E-state index contributed by atoms with van der Waals surface area (Å²) in [6.07, 6.45) is 1.89. The third kappa shape index (κ3) is 3.76. The van der Waals surface area contributed by atoms with Crippen molar-refractivity contribution in [3.8, 4) is 0 Å². The van der Waals surface area contributed by atoms with Crippen LogP contribution in [-0.4, -0.2) is 27.7 Å². The fraction of sp³-hybridized carbons (Fsp3) is 0.538. The first-order valence-corrected chi connectivity index (χ1v) is 7.94. The zero-order chi connectivity index (χ0) is 13.9. The van der Waals surface area contributed by atoms with E-state index in [1.165, 1.54) is 0 Å². The molecule has 1 heterocycles. The Balaban J connectivity index is 2.07. The van der Waals surface area contributed by atoms with Crippen molar-refractivity contribution in [1.82, 2.24) is 4.72 Å². The van der Waals surface area contributed by atoms with Crippen molar-refractivity contribution in [1.29, 1.82) is 0 Å². The molecule has 1 aromatic rings. The van der Waals surface area contributed by atoms with Gasteiger partial charge in [0.25, 0.3) is 0 Å². The minimum atomic E-state index is -3.49. The van der Waals surface area contributed by atoms with Gasteiger partial charge in [-0.05, 0) is 37.5 Å². The standard InChI is InChI=1S/C13H20N2O3S/c1-10(14)11-4-2-6-13(8-11)19(16,17)15-9-12-5-3-7-18-12/h2,4,6,8,10,12,15H,3,5,7,9,14H2,1H3. The largest absolute Gasteiger partial charge is 0.377 e. The molecule has 0 spiro atoms. The van der Waals surface area contributed by atoms with Gasteiger partial charge in [0.15, 0.2) is 0 Å². The minimum absolute atomic E-state index is 0.00797. The second kappa shape index (κ2) is 6.00. The second-order valence-corrected chi connectivity index (χ2v) is 6.62. The molecule has 0 radical (unpaired) electrons. The fourth-order valence-electron chi connectivity index (χ4n) is 2.06. The molecule has 0 saturated carbocycles. The normalized spacial score (nSPS) is 21.5. The maximum atomic E-state index is 12.2.